The molecular formula is C25H18Cl3N3O5. The predicted molar refractivity (Wildman–Crippen MR) is 139 cm³/mol. The number of halogens is 3. The van der Waals surface area contributed by atoms with Crippen molar-refractivity contribution < 1.29 is 23.9 Å². The van der Waals surface area contributed by atoms with Crippen LogP contribution >= 0.6 is 34.8 Å². The Morgan fingerprint density at radius 2 is 1.58 bits per heavy atom. The number of hydrogen-bond acceptors (Lipinski definition) is 6. The molecular weight excluding hydrogens is 529 g/mol. The van der Waals surface area contributed by atoms with Gasteiger partial charge in [0.05, 0.1) is 30.6 Å². The summed E-state index contributed by atoms with van der Waals surface area (Å²) in [6, 6.07) is 15.7. The Kier molecular flexibility index (Phi) is 7.40. The minimum absolute atomic E-state index is 0.114. The Balaban J connectivity index is 1.52. The molecule has 11 heteroatoms. The molecule has 0 fully saturated rings. The number of hydrogen-bond donors (Lipinski definition) is 2. The van der Waals surface area contributed by atoms with Crippen LogP contribution in [0.5, 0.6) is 11.5 Å². The molecule has 3 aromatic carbocycles. The van der Waals surface area contributed by atoms with Gasteiger partial charge in [0.25, 0.3) is 17.7 Å². The Labute approximate surface area is 221 Å². The summed E-state index contributed by atoms with van der Waals surface area (Å²) >= 11 is 18.2. The van der Waals surface area contributed by atoms with Crippen LogP contribution in [0.15, 0.2) is 71.4 Å². The highest BCUT2D eigenvalue weighted by Gasteiger charge is 2.40. The van der Waals surface area contributed by atoms with Gasteiger partial charge in [-0.1, -0.05) is 34.8 Å². The number of rotatable bonds is 7. The SMILES string of the molecule is COc1ccc(OC)c(N2C(=O)C(Cl)=C(Nc3ccc(C(=O)Nc4ccc(Cl)cc4Cl)cc3)C2=O)c1. The summed E-state index contributed by atoms with van der Waals surface area (Å²) in [6.45, 7) is 0. The lowest BCUT2D eigenvalue weighted by Crippen LogP contribution is -2.32. The number of nitrogens with zero attached hydrogens (tertiary/aromatic N) is 1. The molecule has 1 aliphatic rings. The molecule has 0 bridgehead atoms. The fourth-order valence-electron chi connectivity index (χ4n) is 3.44. The first-order valence-electron chi connectivity index (χ1n) is 10.4. The Hall–Kier alpha value is -3.72. The zero-order valence-electron chi connectivity index (χ0n) is 18.9. The summed E-state index contributed by atoms with van der Waals surface area (Å²) in [5, 5.41) is 6.03. The molecule has 1 aliphatic heterocycles. The van der Waals surface area contributed by atoms with Crippen molar-refractivity contribution in [3.63, 3.8) is 0 Å². The van der Waals surface area contributed by atoms with E-state index in [4.69, 9.17) is 44.3 Å². The van der Waals surface area contributed by atoms with Gasteiger partial charge < -0.3 is 20.1 Å². The van der Waals surface area contributed by atoms with Crippen LogP contribution in [-0.4, -0.2) is 31.9 Å². The van der Waals surface area contributed by atoms with Crippen molar-refractivity contribution in [2.45, 2.75) is 0 Å². The number of benzene rings is 3. The monoisotopic (exact) mass is 545 g/mol. The quantitative estimate of drug-likeness (QED) is 0.369. The minimum Gasteiger partial charge on any atom is -0.497 e. The lowest BCUT2D eigenvalue weighted by atomic mass is 10.2. The Morgan fingerprint density at radius 1 is 0.861 bits per heavy atom. The van der Waals surface area contributed by atoms with Crippen molar-refractivity contribution in [2.24, 2.45) is 0 Å². The van der Waals surface area contributed by atoms with Crippen molar-refractivity contribution in [2.75, 3.05) is 29.8 Å². The van der Waals surface area contributed by atoms with Crippen molar-refractivity contribution in [3.8, 4) is 11.5 Å². The number of carbonyl (C=O) groups is 3. The van der Waals surface area contributed by atoms with Gasteiger partial charge in [-0.15, -0.1) is 0 Å². The number of ether oxygens (including phenoxy) is 2. The number of methoxy groups -OCH3 is 2. The molecule has 3 amide bonds. The van der Waals surface area contributed by atoms with Gasteiger partial charge in [0.15, 0.2) is 0 Å². The zero-order valence-corrected chi connectivity index (χ0v) is 21.2. The number of anilines is 3. The third-order valence-electron chi connectivity index (χ3n) is 5.25. The van der Waals surface area contributed by atoms with Crippen molar-refractivity contribution in [1.29, 1.82) is 0 Å². The highest BCUT2D eigenvalue weighted by Crippen LogP contribution is 2.38. The summed E-state index contributed by atoms with van der Waals surface area (Å²) in [5.74, 6) is -1.06. The first-order chi connectivity index (χ1) is 17.2. The summed E-state index contributed by atoms with van der Waals surface area (Å²) in [4.78, 5) is 39.5. The molecule has 0 spiro atoms. The summed E-state index contributed by atoms with van der Waals surface area (Å²) in [5.41, 5.74) is 1.26. The molecule has 0 aromatic heterocycles. The molecule has 184 valence electrons. The maximum atomic E-state index is 13.2. The highest BCUT2D eigenvalue weighted by atomic mass is 35.5. The van der Waals surface area contributed by atoms with Gasteiger partial charge in [-0.05, 0) is 54.6 Å². The van der Waals surface area contributed by atoms with E-state index in [1.54, 1.807) is 48.5 Å². The van der Waals surface area contributed by atoms with Gasteiger partial charge in [-0.25, -0.2) is 4.90 Å². The molecule has 2 N–H and O–H groups in total. The molecule has 8 nitrogen and oxygen atoms in total. The van der Waals surface area contributed by atoms with E-state index in [0.29, 0.717) is 38.5 Å². The molecule has 36 heavy (non-hydrogen) atoms. The molecule has 0 radical (unpaired) electrons. The van der Waals surface area contributed by atoms with Gasteiger partial charge in [0.1, 0.15) is 22.2 Å². The average Bonchev–Trinajstić information content (AvgIpc) is 3.08. The van der Waals surface area contributed by atoms with E-state index in [1.807, 2.05) is 0 Å². The lowest BCUT2D eigenvalue weighted by Gasteiger charge is -2.19. The van der Waals surface area contributed by atoms with Crippen molar-refractivity contribution in [1.82, 2.24) is 0 Å². The molecule has 1 heterocycles. The van der Waals surface area contributed by atoms with E-state index in [-0.39, 0.29) is 16.4 Å². The van der Waals surface area contributed by atoms with Gasteiger partial charge in [0.2, 0.25) is 0 Å². The summed E-state index contributed by atoms with van der Waals surface area (Å²) < 4.78 is 10.5. The van der Waals surface area contributed by atoms with Gasteiger partial charge in [0, 0.05) is 22.3 Å². The lowest BCUT2D eigenvalue weighted by molar-refractivity contribution is -0.120. The molecule has 0 unspecified atom stereocenters. The first kappa shape index (κ1) is 25.4. The molecule has 3 aromatic rings. The van der Waals surface area contributed by atoms with E-state index in [0.717, 1.165) is 4.90 Å². The van der Waals surface area contributed by atoms with E-state index in [2.05, 4.69) is 10.6 Å². The standard InChI is InChI=1S/C25H18Cl3N3O5/c1-35-16-8-10-20(36-2)19(12-16)31-24(33)21(28)22(25(31)34)29-15-6-3-13(4-7-15)23(32)30-18-9-5-14(26)11-17(18)27/h3-12,29H,1-2H3,(H,30,32). The van der Waals surface area contributed by atoms with Crippen LogP contribution in [0.1, 0.15) is 10.4 Å². The maximum Gasteiger partial charge on any atom is 0.283 e. The topological polar surface area (TPSA) is 97.0 Å². The average molecular weight is 547 g/mol. The third-order valence-corrected chi connectivity index (χ3v) is 6.15. The number of imide groups is 1. The normalized spacial score (nSPS) is 13.2. The van der Waals surface area contributed by atoms with E-state index in [1.165, 1.54) is 26.4 Å². The van der Waals surface area contributed by atoms with Crippen LogP contribution in [-0.2, 0) is 9.59 Å². The highest BCUT2D eigenvalue weighted by molar-refractivity contribution is 6.53. The van der Waals surface area contributed by atoms with Crippen LogP contribution < -0.4 is 25.0 Å². The van der Waals surface area contributed by atoms with Gasteiger partial charge in [-0.2, -0.15) is 0 Å². The second-order valence-corrected chi connectivity index (χ2v) is 8.67. The number of carbonyl (C=O) groups excluding carboxylic acids is 3. The summed E-state index contributed by atoms with van der Waals surface area (Å²) in [6.07, 6.45) is 0. The Bertz CT molecular complexity index is 1410. The molecule has 0 saturated carbocycles. The fourth-order valence-corrected chi connectivity index (χ4v) is 4.10. The van der Waals surface area contributed by atoms with E-state index < -0.39 is 17.7 Å². The Morgan fingerprint density at radius 3 is 2.22 bits per heavy atom. The summed E-state index contributed by atoms with van der Waals surface area (Å²) in [7, 11) is 2.88. The second-order valence-electron chi connectivity index (χ2n) is 7.45. The molecule has 0 saturated heterocycles. The van der Waals surface area contributed by atoms with Gasteiger partial charge in [-0.3, -0.25) is 14.4 Å². The number of amides is 3. The fraction of sp³-hybridized carbons (Fsp3) is 0.0800. The molecule has 0 aliphatic carbocycles. The number of nitrogens with one attached hydrogen (secondary N) is 2. The third kappa shape index (κ3) is 4.97. The maximum absolute atomic E-state index is 13.2. The van der Waals surface area contributed by atoms with Gasteiger partial charge >= 0.3 is 0 Å². The van der Waals surface area contributed by atoms with Crippen LogP contribution in [0.25, 0.3) is 0 Å². The smallest absolute Gasteiger partial charge is 0.283 e. The van der Waals surface area contributed by atoms with Crippen LogP contribution in [0.4, 0.5) is 17.1 Å². The molecule has 0 atom stereocenters. The first-order valence-corrected chi connectivity index (χ1v) is 11.5. The van der Waals surface area contributed by atoms with Crippen LogP contribution in [0.2, 0.25) is 10.0 Å². The van der Waals surface area contributed by atoms with E-state index in [9.17, 15) is 14.4 Å². The van der Waals surface area contributed by atoms with E-state index >= 15 is 0 Å². The second kappa shape index (κ2) is 10.5. The minimum atomic E-state index is -0.716. The van der Waals surface area contributed by atoms with Crippen molar-refractivity contribution >= 4 is 69.6 Å². The largest absolute Gasteiger partial charge is 0.497 e. The predicted octanol–water partition coefficient (Wildman–Crippen LogP) is 5.70. The van der Waals surface area contributed by atoms with Crippen LogP contribution in [0, 0.1) is 0 Å². The molecule has 4 rings (SSSR count). The van der Waals surface area contributed by atoms with Crippen LogP contribution in [0.3, 0.4) is 0 Å². The van der Waals surface area contributed by atoms with Crippen molar-refractivity contribution in [3.05, 3.63) is 87.0 Å². The zero-order chi connectivity index (χ0) is 26.0.